The van der Waals surface area contributed by atoms with Crippen LogP contribution in [0, 0.1) is 0 Å². The van der Waals surface area contributed by atoms with E-state index in [1.165, 1.54) is 26.0 Å². The normalized spacial score (nSPS) is 32.3. The Morgan fingerprint density at radius 3 is 2.32 bits per heavy atom. The summed E-state index contributed by atoms with van der Waals surface area (Å²) < 4.78 is 20.9. The average molecular weight is 272 g/mol. The Bertz CT molecular complexity index is 397. The molecule has 1 N–H and O–H groups in total. The molecule has 106 valence electrons. The van der Waals surface area contributed by atoms with Gasteiger partial charge in [-0.15, -0.1) is 0 Å². The van der Waals surface area contributed by atoms with Crippen LogP contribution in [0.25, 0.3) is 0 Å². The first-order chi connectivity index (χ1) is 8.94. The van der Waals surface area contributed by atoms with Crippen LogP contribution < -0.4 is 0 Å². The van der Waals surface area contributed by atoms with Gasteiger partial charge in [-0.25, -0.2) is 0 Å². The lowest BCUT2D eigenvalue weighted by molar-refractivity contribution is -0.241. The minimum Gasteiger partial charge on any atom is -0.455 e. The molecule has 1 aliphatic carbocycles. The largest absolute Gasteiger partial charge is 0.455 e. The zero-order valence-electron chi connectivity index (χ0n) is 10.7. The number of hydrogen-bond donors (Lipinski definition) is 1. The summed E-state index contributed by atoms with van der Waals surface area (Å²) in [4.78, 5) is 22.1. The van der Waals surface area contributed by atoms with E-state index >= 15 is 0 Å². The first-order valence-electron chi connectivity index (χ1n) is 5.94. The third kappa shape index (κ3) is 2.78. The van der Waals surface area contributed by atoms with Gasteiger partial charge in [-0.2, -0.15) is 0 Å². The van der Waals surface area contributed by atoms with Gasteiger partial charge in [0.05, 0.1) is 13.2 Å². The molecular formula is C12H16O7. The van der Waals surface area contributed by atoms with E-state index in [0.717, 1.165) is 0 Å². The van der Waals surface area contributed by atoms with Crippen LogP contribution in [-0.4, -0.2) is 54.4 Å². The Morgan fingerprint density at radius 1 is 1.21 bits per heavy atom. The first-order valence-corrected chi connectivity index (χ1v) is 5.94. The SMILES string of the molecule is CC(=O)O[C@@H]1[C@H](O)[C@H](OC(C)=O)C=CC12OCCO2. The fourth-order valence-electron chi connectivity index (χ4n) is 2.18. The van der Waals surface area contributed by atoms with Crippen molar-refractivity contribution in [2.75, 3.05) is 13.2 Å². The molecule has 1 heterocycles. The standard InChI is InChI=1S/C12H16O7/c1-7(13)18-9-3-4-12(16-5-6-17-12)11(10(9)15)19-8(2)14/h3-4,9-11,15H,5-6H2,1-2H3/t9-,10-,11-/m1/s1. The van der Waals surface area contributed by atoms with Gasteiger partial charge in [0.1, 0.15) is 12.2 Å². The summed E-state index contributed by atoms with van der Waals surface area (Å²) in [5, 5.41) is 10.2. The fourth-order valence-corrected chi connectivity index (χ4v) is 2.18. The van der Waals surface area contributed by atoms with Crippen LogP contribution >= 0.6 is 0 Å². The van der Waals surface area contributed by atoms with Crippen LogP contribution in [0.2, 0.25) is 0 Å². The van der Waals surface area contributed by atoms with Gasteiger partial charge in [0.2, 0.25) is 5.79 Å². The Kier molecular flexibility index (Phi) is 3.88. The van der Waals surface area contributed by atoms with Crippen LogP contribution in [0.5, 0.6) is 0 Å². The van der Waals surface area contributed by atoms with Crippen molar-refractivity contribution in [3.63, 3.8) is 0 Å². The number of carbonyl (C=O) groups excluding carboxylic acids is 2. The highest BCUT2D eigenvalue weighted by molar-refractivity contribution is 5.67. The molecule has 0 bridgehead atoms. The van der Waals surface area contributed by atoms with Crippen molar-refractivity contribution in [1.29, 1.82) is 0 Å². The quantitative estimate of drug-likeness (QED) is 0.536. The molecule has 0 amide bonds. The molecule has 0 aromatic heterocycles. The summed E-state index contributed by atoms with van der Waals surface area (Å²) in [7, 11) is 0. The van der Waals surface area contributed by atoms with E-state index in [-0.39, 0.29) is 0 Å². The van der Waals surface area contributed by atoms with Gasteiger partial charge in [0, 0.05) is 13.8 Å². The highest BCUT2D eigenvalue weighted by atomic mass is 16.8. The fraction of sp³-hybridized carbons (Fsp3) is 0.667. The van der Waals surface area contributed by atoms with Crippen LogP contribution in [0.4, 0.5) is 0 Å². The van der Waals surface area contributed by atoms with Gasteiger partial charge >= 0.3 is 11.9 Å². The van der Waals surface area contributed by atoms with E-state index in [2.05, 4.69) is 0 Å². The summed E-state index contributed by atoms with van der Waals surface area (Å²) in [6.45, 7) is 3.10. The van der Waals surface area contributed by atoms with E-state index in [4.69, 9.17) is 18.9 Å². The predicted molar refractivity (Wildman–Crippen MR) is 60.9 cm³/mol. The topological polar surface area (TPSA) is 91.3 Å². The molecule has 3 atom stereocenters. The Balaban J connectivity index is 2.25. The summed E-state index contributed by atoms with van der Waals surface area (Å²) in [5.41, 5.74) is 0. The van der Waals surface area contributed by atoms with Gasteiger partial charge in [0.15, 0.2) is 6.10 Å². The van der Waals surface area contributed by atoms with Gasteiger partial charge in [-0.05, 0) is 12.2 Å². The number of ether oxygens (including phenoxy) is 4. The second-order valence-corrected chi connectivity index (χ2v) is 4.37. The van der Waals surface area contributed by atoms with Crippen LogP contribution in [-0.2, 0) is 28.5 Å². The summed E-state index contributed by atoms with van der Waals surface area (Å²) in [6, 6.07) is 0. The van der Waals surface area contributed by atoms with Crippen molar-refractivity contribution in [1.82, 2.24) is 0 Å². The first kappa shape index (κ1) is 14.0. The number of hydrogen-bond acceptors (Lipinski definition) is 7. The van der Waals surface area contributed by atoms with Gasteiger partial charge in [-0.3, -0.25) is 9.59 Å². The lowest BCUT2D eigenvalue weighted by Crippen LogP contribution is -2.57. The third-order valence-electron chi connectivity index (χ3n) is 2.90. The van der Waals surface area contributed by atoms with Crippen LogP contribution in [0.1, 0.15) is 13.8 Å². The molecule has 0 unspecified atom stereocenters. The smallest absolute Gasteiger partial charge is 0.303 e. The van der Waals surface area contributed by atoms with Gasteiger partial charge < -0.3 is 24.1 Å². The number of rotatable bonds is 2. The zero-order valence-corrected chi connectivity index (χ0v) is 10.7. The molecule has 19 heavy (non-hydrogen) atoms. The van der Waals surface area contributed by atoms with E-state index in [1.54, 1.807) is 0 Å². The molecule has 7 nitrogen and oxygen atoms in total. The molecule has 0 aromatic carbocycles. The predicted octanol–water partition coefficient (Wildman–Crippen LogP) is -0.476. The lowest BCUT2D eigenvalue weighted by atomic mass is 9.92. The summed E-state index contributed by atoms with van der Waals surface area (Å²) in [5.74, 6) is -2.43. The highest BCUT2D eigenvalue weighted by Crippen LogP contribution is 2.34. The summed E-state index contributed by atoms with van der Waals surface area (Å²) >= 11 is 0. The molecule has 0 aromatic rings. The maximum atomic E-state index is 11.2. The van der Waals surface area contributed by atoms with E-state index in [0.29, 0.717) is 13.2 Å². The molecule has 0 saturated carbocycles. The number of aliphatic hydroxyl groups excluding tert-OH is 1. The third-order valence-corrected chi connectivity index (χ3v) is 2.90. The second kappa shape index (κ2) is 5.28. The van der Waals surface area contributed by atoms with Crippen molar-refractivity contribution in [3.8, 4) is 0 Å². The second-order valence-electron chi connectivity index (χ2n) is 4.37. The molecule has 1 fully saturated rings. The molecule has 1 spiro atoms. The maximum Gasteiger partial charge on any atom is 0.303 e. The molecular weight excluding hydrogens is 256 g/mol. The zero-order chi connectivity index (χ0) is 14.0. The van der Waals surface area contributed by atoms with E-state index < -0.39 is 36.0 Å². The number of esters is 2. The minimum absolute atomic E-state index is 0.326. The van der Waals surface area contributed by atoms with Crippen molar-refractivity contribution < 1.29 is 33.6 Å². The molecule has 2 rings (SSSR count). The van der Waals surface area contributed by atoms with Crippen molar-refractivity contribution in [3.05, 3.63) is 12.2 Å². The highest BCUT2D eigenvalue weighted by Gasteiger charge is 2.53. The monoisotopic (exact) mass is 272 g/mol. The Labute approximate surface area is 110 Å². The molecule has 7 heteroatoms. The van der Waals surface area contributed by atoms with E-state index in [1.807, 2.05) is 0 Å². The Hall–Kier alpha value is -1.44. The number of aliphatic hydroxyl groups is 1. The van der Waals surface area contributed by atoms with Crippen molar-refractivity contribution in [2.24, 2.45) is 0 Å². The molecule has 1 saturated heterocycles. The van der Waals surface area contributed by atoms with Gasteiger partial charge in [-0.1, -0.05) is 0 Å². The van der Waals surface area contributed by atoms with Crippen LogP contribution in [0.3, 0.4) is 0 Å². The Morgan fingerprint density at radius 2 is 1.79 bits per heavy atom. The lowest BCUT2D eigenvalue weighted by Gasteiger charge is -2.40. The van der Waals surface area contributed by atoms with Crippen molar-refractivity contribution in [2.45, 2.75) is 37.9 Å². The molecule has 1 aliphatic heterocycles. The molecule has 2 aliphatic rings. The molecule has 0 radical (unpaired) electrons. The van der Waals surface area contributed by atoms with Crippen molar-refractivity contribution >= 4 is 11.9 Å². The van der Waals surface area contributed by atoms with E-state index in [9.17, 15) is 14.7 Å². The average Bonchev–Trinajstić information content (AvgIpc) is 2.78. The summed E-state index contributed by atoms with van der Waals surface area (Å²) in [6.07, 6.45) is -0.260. The maximum absolute atomic E-state index is 11.2. The van der Waals surface area contributed by atoms with Gasteiger partial charge in [0.25, 0.3) is 0 Å². The van der Waals surface area contributed by atoms with Crippen LogP contribution in [0.15, 0.2) is 12.2 Å². The minimum atomic E-state index is -1.30. The number of carbonyl (C=O) groups is 2.